The molecule has 9 rings (SSSR count). The van der Waals surface area contributed by atoms with Crippen LogP contribution in [0.4, 0.5) is 11.4 Å². The second kappa shape index (κ2) is 10.9. The summed E-state index contributed by atoms with van der Waals surface area (Å²) in [5.74, 6) is 0. The fourth-order valence-electron chi connectivity index (χ4n) is 7.37. The normalized spacial score (nSPS) is 11.3. The first-order valence-corrected chi connectivity index (χ1v) is 15.9. The topological polar surface area (TPSA) is 18.6 Å². The lowest BCUT2D eigenvalue weighted by Gasteiger charge is -2.19. The Bertz CT molecular complexity index is 2710. The molecule has 4 heteroatoms. The maximum atomic E-state index is 8.25. The van der Waals surface area contributed by atoms with Crippen LogP contribution in [-0.4, -0.2) is 9.13 Å². The van der Waals surface area contributed by atoms with Crippen molar-refractivity contribution < 1.29 is 0 Å². The average Bonchev–Trinajstić information content (AvgIpc) is 3.67. The summed E-state index contributed by atoms with van der Waals surface area (Å²) in [6, 6.07) is 54.0. The average molecular weight is 611 g/mol. The molecular formula is C44H26N4. The maximum Gasteiger partial charge on any atom is 0.211 e. The number of rotatable bonds is 4. The van der Waals surface area contributed by atoms with Gasteiger partial charge in [-0.1, -0.05) is 121 Å². The minimum absolute atomic E-state index is 0.568. The Morgan fingerprint density at radius 3 is 1.31 bits per heavy atom. The van der Waals surface area contributed by atoms with Crippen molar-refractivity contribution in [2.45, 2.75) is 0 Å². The minimum Gasteiger partial charge on any atom is -0.318 e. The van der Waals surface area contributed by atoms with Crippen LogP contribution in [0.15, 0.2) is 158 Å². The Kier molecular flexibility index (Phi) is 6.22. The van der Waals surface area contributed by atoms with Crippen molar-refractivity contribution in [1.29, 1.82) is 0 Å². The molecule has 2 heterocycles. The van der Waals surface area contributed by atoms with E-state index >= 15 is 0 Å². The standard InChI is InChI=1S/C44H26N4/c1-45-38-27-26-29(47-40-22-9-5-16-32(40)33-17-6-10-23-41(33)47)28-37(38)31-15-4-3-14-30(31)36-20-13-21-39(46-2)44(36)48-42-24-11-7-18-34(42)35-19-8-12-25-43(35)48/h3-28H. The third kappa shape index (κ3) is 4.01. The van der Waals surface area contributed by atoms with Gasteiger partial charge in [0, 0.05) is 27.2 Å². The van der Waals surface area contributed by atoms with Crippen molar-refractivity contribution in [2.24, 2.45) is 0 Å². The van der Waals surface area contributed by atoms with Crippen LogP contribution < -0.4 is 0 Å². The smallest absolute Gasteiger partial charge is 0.211 e. The summed E-state index contributed by atoms with van der Waals surface area (Å²) < 4.78 is 4.52. The third-order valence-corrected chi connectivity index (χ3v) is 9.39. The highest BCUT2D eigenvalue weighted by Gasteiger charge is 2.21. The summed E-state index contributed by atoms with van der Waals surface area (Å²) in [7, 11) is 0. The molecule has 0 amide bonds. The Labute approximate surface area is 277 Å². The van der Waals surface area contributed by atoms with Crippen LogP contribution in [0.25, 0.3) is 86.9 Å². The van der Waals surface area contributed by atoms with Gasteiger partial charge >= 0.3 is 0 Å². The van der Waals surface area contributed by atoms with Crippen molar-refractivity contribution in [3.63, 3.8) is 0 Å². The monoisotopic (exact) mass is 610 g/mol. The van der Waals surface area contributed by atoms with Crippen LogP contribution in [0.5, 0.6) is 0 Å². The zero-order valence-corrected chi connectivity index (χ0v) is 25.8. The molecule has 2 aromatic heterocycles. The van der Waals surface area contributed by atoms with E-state index in [0.717, 1.165) is 66.5 Å². The fourth-order valence-corrected chi connectivity index (χ4v) is 7.37. The van der Waals surface area contributed by atoms with E-state index in [4.69, 9.17) is 13.1 Å². The maximum absolute atomic E-state index is 8.25. The molecule has 0 N–H and O–H groups in total. The first-order valence-electron chi connectivity index (χ1n) is 15.9. The molecule has 222 valence electrons. The van der Waals surface area contributed by atoms with Crippen LogP contribution >= 0.6 is 0 Å². The number of nitrogens with zero attached hydrogens (tertiary/aromatic N) is 4. The van der Waals surface area contributed by atoms with Gasteiger partial charge in [0.05, 0.1) is 40.9 Å². The Hall–Kier alpha value is -6.88. The van der Waals surface area contributed by atoms with Gasteiger partial charge in [0.15, 0.2) is 5.69 Å². The van der Waals surface area contributed by atoms with Crippen molar-refractivity contribution in [3.05, 3.63) is 181 Å². The first kappa shape index (κ1) is 27.4. The molecule has 0 aliphatic rings. The molecule has 0 spiro atoms. The molecular weight excluding hydrogens is 585 g/mol. The van der Waals surface area contributed by atoms with E-state index in [0.29, 0.717) is 11.4 Å². The fraction of sp³-hybridized carbons (Fsp3) is 0. The molecule has 0 fully saturated rings. The Morgan fingerprint density at radius 1 is 0.354 bits per heavy atom. The lowest BCUT2D eigenvalue weighted by Crippen LogP contribution is -1.99. The highest BCUT2D eigenvalue weighted by atomic mass is 15.0. The van der Waals surface area contributed by atoms with Crippen molar-refractivity contribution >= 4 is 55.0 Å². The molecule has 0 saturated heterocycles. The molecule has 48 heavy (non-hydrogen) atoms. The van der Waals surface area contributed by atoms with Gasteiger partial charge in [0.25, 0.3) is 0 Å². The minimum atomic E-state index is 0.568. The van der Waals surface area contributed by atoms with Gasteiger partial charge in [-0.2, -0.15) is 0 Å². The van der Waals surface area contributed by atoms with Crippen LogP contribution in [0.3, 0.4) is 0 Å². The van der Waals surface area contributed by atoms with Gasteiger partial charge in [-0.25, -0.2) is 9.69 Å². The quantitative estimate of drug-likeness (QED) is 0.177. The molecule has 0 bridgehead atoms. The SMILES string of the molecule is [C-]#[N+]c1ccc(-n2c3ccccc3c3ccccc32)cc1-c1ccccc1-c1cccc([N+]#[C-])c1-n1c2ccccc2c2ccccc21. The van der Waals surface area contributed by atoms with E-state index in [1.165, 1.54) is 10.8 Å². The predicted molar refractivity (Wildman–Crippen MR) is 199 cm³/mol. The molecule has 4 nitrogen and oxygen atoms in total. The Morgan fingerprint density at radius 2 is 0.792 bits per heavy atom. The van der Waals surface area contributed by atoms with Crippen molar-refractivity contribution in [1.82, 2.24) is 9.13 Å². The van der Waals surface area contributed by atoms with Crippen LogP contribution in [-0.2, 0) is 0 Å². The van der Waals surface area contributed by atoms with Gasteiger partial charge in [-0.05, 0) is 58.7 Å². The van der Waals surface area contributed by atoms with Crippen molar-refractivity contribution in [2.75, 3.05) is 0 Å². The van der Waals surface area contributed by atoms with E-state index in [2.05, 4.69) is 128 Å². The molecule has 7 aromatic carbocycles. The number of aromatic nitrogens is 2. The van der Waals surface area contributed by atoms with E-state index in [9.17, 15) is 0 Å². The number of hydrogen-bond donors (Lipinski definition) is 0. The molecule has 9 aromatic rings. The van der Waals surface area contributed by atoms with E-state index in [-0.39, 0.29) is 0 Å². The zero-order chi connectivity index (χ0) is 32.2. The highest BCUT2D eigenvalue weighted by molar-refractivity contribution is 6.11. The number of para-hydroxylation sites is 5. The summed E-state index contributed by atoms with van der Waals surface area (Å²) >= 11 is 0. The number of fused-ring (bicyclic) bond motifs is 6. The molecule has 0 unspecified atom stereocenters. The molecule has 0 atom stereocenters. The van der Waals surface area contributed by atoms with Crippen LogP contribution in [0, 0.1) is 13.1 Å². The summed E-state index contributed by atoms with van der Waals surface area (Å²) in [5, 5.41) is 4.66. The van der Waals surface area contributed by atoms with Gasteiger partial charge in [-0.3, -0.25) is 0 Å². The Balaban J connectivity index is 1.33. The van der Waals surface area contributed by atoms with Gasteiger partial charge < -0.3 is 9.13 Å². The summed E-state index contributed by atoms with van der Waals surface area (Å²) in [4.78, 5) is 8.05. The zero-order valence-electron chi connectivity index (χ0n) is 25.8. The second-order valence-electron chi connectivity index (χ2n) is 11.9. The molecule has 0 aliphatic heterocycles. The van der Waals surface area contributed by atoms with Gasteiger partial charge in [0.2, 0.25) is 5.69 Å². The molecule has 0 saturated carbocycles. The van der Waals surface area contributed by atoms with Crippen LogP contribution in [0.1, 0.15) is 0 Å². The summed E-state index contributed by atoms with van der Waals surface area (Å²) in [6.07, 6.45) is 0. The molecule has 0 radical (unpaired) electrons. The van der Waals surface area contributed by atoms with Gasteiger partial charge in [-0.15, -0.1) is 0 Å². The number of benzene rings is 7. The van der Waals surface area contributed by atoms with E-state index in [1.807, 2.05) is 48.5 Å². The largest absolute Gasteiger partial charge is 0.318 e. The summed E-state index contributed by atoms with van der Waals surface area (Å²) in [5.41, 5.74) is 11.0. The van der Waals surface area contributed by atoms with E-state index in [1.54, 1.807) is 0 Å². The predicted octanol–water partition coefficient (Wildman–Crippen LogP) is 12.3. The first-order chi connectivity index (χ1) is 23.8. The van der Waals surface area contributed by atoms with Crippen molar-refractivity contribution in [3.8, 4) is 33.6 Å². The lowest BCUT2D eigenvalue weighted by atomic mass is 9.92. The van der Waals surface area contributed by atoms with E-state index < -0.39 is 0 Å². The second-order valence-corrected chi connectivity index (χ2v) is 11.9. The molecule has 0 aliphatic carbocycles. The van der Waals surface area contributed by atoms with Gasteiger partial charge in [0.1, 0.15) is 0 Å². The third-order valence-electron chi connectivity index (χ3n) is 9.39. The lowest BCUT2D eigenvalue weighted by molar-refractivity contribution is 1.18. The summed E-state index contributed by atoms with van der Waals surface area (Å²) in [6.45, 7) is 16.4. The number of hydrogen-bond acceptors (Lipinski definition) is 0. The highest BCUT2D eigenvalue weighted by Crippen LogP contribution is 2.45. The van der Waals surface area contributed by atoms with Crippen LogP contribution in [0.2, 0.25) is 0 Å².